The van der Waals surface area contributed by atoms with Crippen molar-refractivity contribution in [3.8, 4) is 0 Å². The van der Waals surface area contributed by atoms with E-state index in [0.717, 1.165) is 0 Å². The molecule has 0 saturated heterocycles. The smallest absolute Gasteiger partial charge is 0.0594 e. The zero-order valence-corrected chi connectivity index (χ0v) is 27.7. The van der Waals surface area contributed by atoms with Crippen LogP contribution in [0.1, 0.15) is 158 Å². The van der Waals surface area contributed by atoms with E-state index < -0.39 is 14.5 Å². The largest absolute Gasteiger partial charge is 0.0652 e. The fourth-order valence-electron chi connectivity index (χ4n) is 5.29. The van der Waals surface area contributed by atoms with Crippen LogP contribution < -0.4 is 0 Å². The van der Waals surface area contributed by atoms with E-state index in [9.17, 15) is 0 Å². The van der Waals surface area contributed by atoms with Crippen LogP contribution in [-0.4, -0.2) is 49.3 Å². The lowest BCUT2D eigenvalue weighted by molar-refractivity contribution is 0.814. The molecular weight excluding hydrogens is 446 g/mol. The standard InChI is InChI=1S/2C16H36P/c2*1-5-9-13-17(14-10-6-2,15-11-7-3)16-12-8-4/h2*5-16H2,1-4H3/q2*+1. The van der Waals surface area contributed by atoms with Gasteiger partial charge < -0.3 is 0 Å². The number of hydrogen-bond donors (Lipinski definition) is 0. The van der Waals surface area contributed by atoms with E-state index in [0.29, 0.717) is 0 Å². The molecule has 0 aliphatic carbocycles. The van der Waals surface area contributed by atoms with E-state index in [1.54, 1.807) is 49.3 Å². The van der Waals surface area contributed by atoms with Gasteiger partial charge in [-0.05, 0) is 51.4 Å². The Bertz CT molecular complexity index is 268. The number of rotatable bonds is 24. The van der Waals surface area contributed by atoms with Crippen LogP contribution >= 0.6 is 14.5 Å². The summed E-state index contributed by atoms with van der Waals surface area (Å²) in [6.45, 7) is 18.8. The summed E-state index contributed by atoms with van der Waals surface area (Å²) in [5.74, 6) is 0. The predicted octanol–water partition coefficient (Wildman–Crippen LogP) is 12.4. The van der Waals surface area contributed by atoms with Crippen molar-refractivity contribution >= 4 is 14.5 Å². The molecule has 0 N–H and O–H groups in total. The highest BCUT2D eigenvalue weighted by molar-refractivity contribution is 7.76. The fraction of sp³-hybridized carbons (Fsp3) is 1.00. The molecule has 0 rings (SSSR count). The highest BCUT2D eigenvalue weighted by Gasteiger charge is 2.35. The van der Waals surface area contributed by atoms with Crippen molar-refractivity contribution in [2.75, 3.05) is 49.3 Å². The van der Waals surface area contributed by atoms with Gasteiger partial charge in [0.1, 0.15) is 0 Å². The SMILES string of the molecule is CCCC[P+](CCCC)(CCCC)CCCC.CCCC[P+](CCCC)(CCCC)CCCC. The van der Waals surface area contributed by atoms with E-state index in [1.807, 2.05) is 0 Å². The maximum absolute atomic E-state index is 2.36. The molecular formula is C32H72P2+2. The Balaban J connectivity index is 0. The third-order valence-corrected chi connectivity index (χ3v) is 18.0. The molecule has 0 bridgehead atoms. The molecule has 34 heavy (non-hydrogen) atoms. The maximum Gasteiger partial charge on any atom is 0.0594 e. The molecule has 0 saturated carbocycles. The van der Waals surface area contributed by atoms with Crippen molar-refractivity contribution in [1.29, 1.82) is 0 Å². The summed E-state index contributed by atoms with van der Waals surface area (Å²) in [6, 6.07) is 0. The van der Waals surface area contributed by atoms with Crippen molar-refractivity contribution in [3.05, 3.63) is 0 Å². The minimum absolute atomic E-state index is 0.562. The van der Waals surface area contributed by atoms with Gasteiger partial charge in [-0.2, -0.15) is 0 Å². The lowest BCUT2D eigenvalue weighted by Crippen LogP contribution is -2.12. The van der Waals surface area contributed by atoms with Crippen LogP contribution in [0, 0.1) is 0 Å². The van der Waals surface area contributed by atoms with Crippen molar-refractivity contribution in [2.24, 2.45) is 0 Å². The third kappa shape index (κ3) is 20.0. The van der Waals surface area contributed by atoms with E-state index >= 15 is 0 Å². The van der Waals surface area contributed by atoms with Gasteiger partial charge in [0.15, 0.2) is 0 Å². The van der Waals surface area contributed by atoms with E-state index in [2.05, 4.69) is 55.4 Å². The molecule has 0 heterocycles. The average Bonchev–Trinajstić information content (AvgIpc) is 2.87. The van der Waals surface area contributed by atoms with Crippen LogP contribution in [0.2, 0.25) is 0 Å². The molecule has 0 spiro atoms. The molecule has 0 amide bonds. The molecule has 0 aromatic heterocycles. The van der Waals surface area contributed by atoms with Crippen LogP contribution in [-0.2, 0) is 0 Å². The highest BCUT2D eigenvalue weighted by atomic mass is 31.2. The normalized spacial score (nSPS) is 12.0. The number of unbranched alkanes of at least 4 members (excludes halogenated alkanes) is 8. The molecule has 2 heteroatoms. The third-order valence-electron chi connectivity index (χ3n) is 7.89. The molecule has 0 aliphatic heterocycles. The summed E-state index contributed by atoms with van der Waals surface area (Å²) in [7, 11) is -1.12. The summed E-state index contributed by atoms with van der Waals surface area (Å²) in [5, 5.41) is 0. The Kier molecular flexibility index (Phi) is 29.3. The fourth-order valence-corrected chi connectivity index (χ4v) is 15.9. The number of hydrogen-bond acceptors (Lipinski definition) is 0. The minimum Gasteiger partial charge on any atom is -0.0652 e. The quantitative estimate of drug-likeness (QED) is 0.111. The van der Waals surface area contributed by atoms with E-state index in [4.69, 9.17) is 0 Å². The summed E-state index contributed by atoms with van der Waals surface area (Å²) < 4.78 is 0. The van der Waals surface area contributed by atoms with Gasteiger partial charge in [-0.1, -0.05) is 107 Å². The first-order valence-corrected chi connectivity index (χ1v) is 21.2. The molecule has 0 aliphatic rings. The topological polar surface area (TPSA) is 0 Å². The summed E-state index contributed by atoms with van der Waals surface area (Å²) >= 11 is 0. The van der Waals surface area contributed by atoms with Crippen molar-refractivity contribution in [2.45, 2.75) is 158 Å². The van der Waals surface area contributed by atoms with Gasteiger partial charge in [0.2, 0.25) is 0 Å². The second-order valence-electron chi connectivity index (χ2n) is 11.3. The average molecular weight is 519 g/mol. The van der Waals surface area contributed by atoms with Crippen LogP contribution in [0.5, 0.6) is 0 Å². The maximum atomic E-state index is 2.36. The predicted molar refractivity (Wildman–Crippen MR) is 172 cm³/mol. The van der Waals surface area contributed by atoms with Crippen molar-refractivity contribution < 1.29 is 0 Å². The molecule has 0 nitrogen and oxygen atoms in total. The summed E-state index contributed by atoms with van der Waals surface area (Å²) in [5.41, 5.74) is 0. The van der Waals surface area contributed by atoms with Gasteiger partial charge in [0.05, 0.1) is 49.3 Å². The molecule has 0 aromatic carbocycles. The first-order valence-electron chi connectivity index (χ1n) is 16.2. The minimum atomic E-state index is -0.562. The molecule has 0 atom stereocenters. The van der Waals surface area contributed by atoms with Gasteiger partial charge in [-0.3, -0.25) is 0 Å². The van der Waals surface area contributed by atoms with Crippen LogP contribution in [0.15, 0.2) is 0 Å². The Morgan fingerprint density at radius 2 is 0.353 bits per heavy atom. The highest BCUT2D eigenvalue weighted by Crippen LogP contribution is 2.62. The van der Waals surface area contributed by atoms with Crippen molar-refractivity contribution in [3.63, 3.8) is 0 Å². The lowest BCUT2D eigenvalue weighted by Gasteiger charge is -2.28. The summed E-state index contributed by atoms with van der Waals surface area (Å²) in [4.78, 5) is 0. The van der Waals surface area contributed by atoms with Crippen LogP contribution in [0.4, 0.5) is 0 Å². The zero-order chi connectivity index (χ0) is 26.0. The van der Waals surface area contributed by atoms with Crippen LogP contribution in [0.25, 0.3) is 0 Å². The van der Waals surface area contributed by atoms with Crippen LogP contribution in [0.3, 0.4) is 0 Å². The zero-order valence-electron chi connectivity index (χ0n) is 25.9. The van der Waals surface area contributed by atoms with Gasteiger partial charge in [0.25, 0.3) is 0 Å². The Morgan fingerprint density at radius 1 is 0.235 bits per heavy atom. The second-order valence-corrected chi connectivity index (χ2v) is 20.2. The van der Waals surface area contributed by atoms with E-state index in [-0.39, 0.29) is 0 Å². The Labute approximate surface area is 221 Å². The molecule has 0 radical (unpaired) electrons. The Morgan fingerprint density at radius 3 is 0.441 bits per heavy atom. The van der Waals surface area contributed by atoms with Gasteiger partial charge >= 0.3 is 0 Å². The van der Waals surface area contributed by atoms with Crippen molar-refractivity contribution in [1.82, 2.24) is 0 Å². The summed E-state index contributed by atoms with van der Waals surface area (Å²) in [6.07, 6.45) is 35.9. The first-order chi connectivity index (χ1) is 16.5. The molecule has 208 valence electrons. The lowest BCUT2D eigenvalue weighted by atomic mass is 10.4. The van der Waals surface area contributed by atoms with Gasteiger partial charge in [-0.15, -0.1) is 0 Å². The molecule has 0 fully saturated rings. The monoisotopic (exact) mass is 519 g/mol. The van der Waals surface area contributed by atoms with E-state index in [1.165, 1.54) is 103 Å². The Hall–Kier alpha value is 0.860. The first kappa shape index (κ1) is 37.0. The molecule has 0 unspecified atom stereocenters. The van der Waals surface area contributed by atoms with Gasteiger partial charge in [0, 0.05) is 14.5 Å². The molecule has 0 aromatic rings. The second kappa shape index (κ2) is 26.9. The van der Waals surface area contributed by atoms with Gasteiger partial charge in [-0.25, -0.2) is 0 Å².